The van der Waals surface area contributed by atoms with E-state index in [4.69, 9.17) is 5.73 Å². The van der Waals surface area contributed by atoms with Crippen LogP contribution >= 0.6 is 0 Å². The Morgan fingerprint density at radius 1 is 1.06 bits per heavy atom. The molecule has 0 aromatic rings. The smallest absolute Gasteiger partial charge is 0.231 e. The minimum Gasteiger partial charge on any atom is -0.369 e. The predicted molar refractivity (Wildman–Crippen MR) is 73.3 cm³/mol. The molecule has 0 aromatic carbocycles. The van der Waals surface area contributed by atoms with E-state index in [0.717, 1.165) is 6.54 Å². The Balaban J connectivity index is 1.75. The first-order chi connectivity index (χ1) is 8.75. The molecule has 1 amide bonds. The highest BCUT2D eigenvalue weighted by molar-refractivity contribution is 5.75. The van der Waals surface area contributed by atoms with Crippen molar-refractivity contribution >= 4 is 5.91 Å². The second-order valence-electron chi connectivity index (χ2n) is 5.78. The predicted octanol–water partition coefficient (Wildman–Crippen LogP) is 1.20. The summed E-state index contributed by atoms with van der Waals surface area (Å²) in [5.41, 5.74) is 5.33. The van der Waals surface area contributed by atoms with Crippen LogP contribution in [-0.2, 0) is 4.79 Å². The summed E-state index contributed by atoms with van der Waals surface area (Å²) in [5.74, 6) is -0.181. The molecular formula is C14H27N3O. The van der Waals surface area contributed by atoms with Crippen LogP contribution < -0.4 is 5.73 Å². The highest BCUT2D eigenvalue weighted by Crippen LogP contribution is 2.20. The molecule has 0 aliphatic carbocycles. The second kappa shape index (κ2) is 7.10. The molecule has 2 aliphatic rings. The lowest BCUT2D eigenvalue weighted by atomic mass is 9.98. The van der Waals surface area contributed by atoms with E-state index in [1.165, 1.54) is 64.6 Å². The average Bonchev–Trinajstić information content (AvgIpc) is 2.38. The van der Waals surface area contributed by atoms with Crippen LogP contribution in [0.2, 0.25) is 0 Å². The Morgan fingerprint density at radius 2 is 1.78 bits per heavy atom. The number of piperidine rings is 2. The van der Waals surface area contributed by atoms with Gasteiger partial charge >= 0.3 is 0 Å². The Kier molecular flexibility index (Phi) is 5.45. The van der Waals surface area contributed by atoms with Gasteiger partial charge in [0.1, 0.15) is 0 Å². The fourth-order valence-corrected chi connectivity index (χ4v) is 3.31. The van der Waals surface area contributed by atoms with Gasteiger partial charge in [0.2, 0.25) is 5.91 Å². The fraction of sp³-hybridized carbons (Fsp3) is 0.929. The molecule has 0 aromatic heterocycles. The van der Waals surface area contributed by atoms with Crippen molar-refractivity contribution in [3.63, 3.8) is 0 Å². The van der Waals surface area contributed by atoms with Gasteiger partial charge in [0.25, 0.3) is 0 Å². The maximum Gasteiger partial charge on any atom is 0.231 e. The maximum absolute atomic E-state index is 11.1. The van der Waals surface area contributed by atoms with Crippen molar-refractivity contribution in [3.8, 4) is 0 Å². The van der Waals surface area contributed by atoms with E-state index in [1.54, 1.807) is 0 Å². The summed E-state index contributed by atoms with van der Waals surface area (Å²) in [5, 5.41) is 0. The van der Waals surface area contributed by atoms with Crippen LogP contribution in [-0.4, -0.2) is 54.5 Å². The summed E-state index contributed by atoms with van der Waals surface area (Å²) < 4.78 is 0. The Labute approximate surface area is 110 Å². The Morgan fingerprint density at radius 3 is 2.50 bits per heavy atom. The second-order valence-corrected chi connectivity index (χ2v) is 5.78. The van der Waals surface area contributed by atoms with Gasteiger partial charge in [0.15, 0.2) is 0 Å². The van der Waals surface area contributed by atoms with Crippen molar-refractivity contribution in [2.24, 2.45) is 5.73 Å². The Hall–Kier alpha value is -0.610. The lowest BCUT2D eigenvalue weighted by molar-refractivity contribution is -0.120. The number of carbonyl (C=O) groups excluding carboxylic acids is 1. The SMILES string of the molecule is NC(=O)CN1CCCCC1CCN1CCCCC1. The standard InChI is InChI=1S/C14H27N3O/c15-14(18)12-17-10-5-2-6-13(17)7-11-16-8-3-1-4-9-16/h13H,1-12H2,(H2,15,18). The first-order valence-corrected chi connectivity index (χ1v) is 7.50. The van der Waals surface area contributed by atoms with Crippen molar-refractivity contribution in [1.29, 1.82) is 0 Å². The van der Waals surface area contributed by atoms with Gasteiger partial charge in [-0.05, 0) is 58.3 Å². The molecule has 0 spiro atoms. The molecule has 2 rings (SSSR count). The normalized spacial score (nSPS) is 27.2. The molecule has 0 saturated carbocycles. The van der Waals surface area contributed by atoms with E-state index in [0.29, 0.717) is 12.6 Å². The number of likely N-dealkylation sites (tertiary alicyclic amines) is 2. The van der Waals surface area contributed by atoms with Gasteiger partial charge in [0, 0.05) is 6.04 Å². The minimum atomic E-state index is -0.181. The van der Waals surface area contributed by atoms with Gasteiger partial charge in [-0.2, -0.15) is 0 Å². The number of hydrogen-bond donors (Lipinski definition) is 1. The third-order valence-electron chi connectivity index (χ3n) is 4.34. The summed E-state index contributed by atoms with van der Waals surface area (Å²) in [4.78, 5) is 16.0. The minimum absolute atomic E-state index is 0.181. The molecule has 104 valence electrons. The lowest BCUT2D eigenvalue weighted by Crippen LogP contribution is -2.46. The first-order valence-electron chi connectivity index (χ1n) is 7.50. The van der Waals surface area contributed by atoms with Crippen LogP contribution in [0.15, 0.2) is 0 Å². The molecule has 1 atom stereocenters. The van der Waals surface area contributed by atoms with Gasteiger partial charge in [0.05, 0.1) is 6.54 Å². The topological polar surface area (TPSA) is 49.6 Å². The summed E-state index contributed by atoms with van der Waals surface area (Å²) in [7, 11) is 0. The molecule has 2 heterocycles. The zero-order valence-corrected chi connectivity index (χ0v) is 11.4. The molecule has 4 nitrogen and oxygen atoms in total. The first kappa shape index (κ1) is 13.8. The van der Waals surface area contributed by atoms with Crippen molar-refractivity contribution in [1.82, 2.24) is 9.80 Å². The molecule has 1 unspecified atom stereocenters. The summed E-state index contributed by atoms with van der Waals surface area (Å²) >= 11 is 0. The molecule has 0 radical (unpaired) electrons. The number of nitrogens with two attached hydrogens (primary N) is 1. The summed E-state index contributed by atoms with van der Waals surface area (Å²) in [6, 6.07) is 0.577. The highest BCUT2D eigenvalue weighted by atomic mass is 16.1. The van der Waals surface area contributed by atoms with Crippen LogP contribution in [0.3, 0.4) is 0 Å². The van der Waals surface area contributed by atoms with Gasteiger partial charge in [-0.25, -0.2) is 0 Å². The Bertz CT molecular complexity index is 264. The summed E-state index contributed by atoms with van der Waals surface area (Å²) in [6.45, 7) is 5.23. The van der Waals surface area contributed by atoms with Gasteiger partial charge in [-0.15, -0.1) is 0 Å². The number of carbonyl (C=O) groups is 1. The number of primary amides is 1. The van der Waals surface area contributed by atoms with Gasteiger partial charge < -0.3 is 10.6 Å². The largest absolute Gasteiger partial charge is 0.369 e. The molecule has 2 aliphatic heterocycles. The molecular weight excluding hydrogens is 226 g/mol. The zero-order valence-electron chi connectivity index (χ0n) is 11.4. The van der Waals surface area contributed by atoms with Crippen molar-refractivity contribution in [3.05, 3.63) is 0 Å². The highest BCUT2D eigenvalue weighted by Gasteiger charge is 2.24. The number of hydrogen-bond acceptors (Lipinski definition) is 3. The maximum atomic E-state index is 11.1. The van der Waals surface area contributed by atoms with Crippen LogP contribution in [0.5, 0.6) is 0 Å². The molecule has 2 fully saturated rings. The quantitative estimate of drug-likeness (QED) is 0.801. The van der Waals surface area contributed by atoms with E-state index < -0.39 is 0 Å². The van der Waals surface area contributed by atoms with Crippen LogP contribution in [0.4, 0.5) is 0 Å². The third-order valence-corrected chi connectivity index (χ3v) is 4.34. The van der Waals surface area contributed by atoms with Crippen molar-refractivity contribution < 1.29 is 4.79 Å². The molecule has 2 N–H and O–H groups in total. The van der Waals surface area contributed by atoms with E-state index in [1.807, 2.05) is 0 Å². The molecule has 4 heteroatoms. The van der Waals surface area contributed by atoms with E-state index >= 15 is 0 Å². The van der Waals surface area contributed by atoms with E-state index in [-0.39, 0.29) is 5.91 Å². The lowest BCUT2D eigenvalue weighted by Gasteiger charge is -2.36. The number of amides is 1. The molecule has 18 heavy (non-hydrogen) atoms. The van der Waals surface area contributed by atoms with Crippen LogP contribution in [0, 0.1) is 0 Å². The summed E-state index contributed by atoms with van der Waals surface area (Å²) in [6.07, 6.45) is 9.07. The van der Waals surface area contributed by atoms with Crippen molar-refractivity contribution in [2.75, 3.05) is 32.7 Å². The molecule has 0 bridgehead atoms. The fourth-order valence-electron chi connectivity index (χ4n) is 3.31. The van der Waals surface area contributed by atoms with E-state index in [2.05, 4.69) is 9.80 Å². The van der Waals surface area contributed by atoms with Crippen molar-refractivity contribution in [2.45, 2.75) is 51.0 Å². The molecule has 2 saturated heterocycles. The van der Waals surface area contributed by atoms with Crippen LogP contribution in [0.1, 0.15) is 44.9 Å². The van der Waals surface area contributed by atoms with E-state index in [9.17, 15) is 4.79 Å². The average molecular weight is 253 g/mol. The monoisotopic (exact) mass is 253 g/mol. The zero-order chi connectivity index (χ0) is 12.8. The van der Waals surface area contributed by atoms with Crippen LogP contribution in [0.25, 0.3) is 0 Å². The third kappa shape index (κ3) is 4.25. The number of rotatable bonds is 5. The van der Waals surface area contributed by atoms with Gasteiger partial charge in [-0.1, -0.05) is 12.8 Å². The number of nitrogens with zero attached hydrogens (tertiary/aromatic N) is 2. The van der Waals surface area contributed by atoms with Gasteiger partial charge in [-0.3, -0.25) is 9.69 Å².